The van der Waals surface area contributed by atoms with Gasteiger partial charge in [-0.15, -0.1) is 0 Å². The van der Waals surface area contributed by atoms with E-state index in [0.29, 0.717) is 11.5 Å². The van der Waals surface area contributed by atoms with E-state index in [0.717, 1.165) is 25.8 Å². The van der Waals surface area contributed by atoms with Gasteiger partial charge in [-0.25, -0.2) is 0 Å². The first-order valence-electron chi connectivity index (χ1n) is 6.66. The topological polar surface area (TPSA) is 29.9 Å². The van der Waals surface area contributed by atoms with Gasteiger partial charge in [0.2, 0.25) is 0 Å². The Hall–Kier alpha value is -0.830. The van der Waals surface area contributed by atoms with Crippen molar-refractivity contribution in [3.8, 4) is 0 Å². The van der Waals surface area contributed by atoms with Crippen LogP contribution in [0.1, 0.15) is 46.1 Å². The van der Waals surface area contributed by atoms with E-state index in [-0.39, 0.29) is 0 Å². The highest BCUT2D eigenvalue weighted by atomic mass is 15.3. The van der Waals surface area contributed by atoms with Crippen LogP contribution in [0.15, 0.2) is 12.4 Å². The number of rotatable bonds is 6. The second-order valence-corrected chi connectivity index (χ2v) is 5.86. The van der Waals surface area contributed by atoms with Crippen molar-refractivity contribution < 1.29 is 0 Å². The molecule has 1 rings (SSSR count). The van der Waals surface area contributed by atoms with Crippen molar-refractivity contribution in [2.75, 3.05) is 7.05 Å². The molecule has 0 radical (unpaired) electrons. The molecule has 0 bridgehead atoms. The van der Waals surface area contributed by atoms with Gasteiger partial charge in [-0.1, -0.05) is 27.7 Å². The molecule has 3 heteroatoms. The van der Waals surface area contributed by atoms with Gasteiger partial charge in [-0.2, -0.15) is 5.10 Å². The van der Waals surface area contributed by atoms with E-state index >= 15 is 0 Å². The van der Waals surface area contributed by atoms with Crippen molar-refractivity contribution in [1.29, 1.82) is 0 Å². The quantitative estimate of drug-likeness (QED) is 0.824. The third kappa shape index (κ3) is 4.50. The van der Waals surface area contributed by atoms with Crippen molar-refractivity contribution in [2.24, 2.45) is 5.41 Å². The van der Waals surface area contributed by atoms with E-state index in [4.69, 9.17) is 0 Å². The molecule has 1 unspecified atom stereocenters. The third-order valence-corrected chi connectivity index (χ3v) is 3.25. The van der Waals surface area contributed by atoms with Crippen molar-refractivity contribution in [2.45, 2.75) is 59.5 Å². The smallest absolute Gasteiger partial charge is 0.0521 e. The van der Waals surface area contributed by atoms with E-state index in [1.54, 1.807) is 0 Å². The number of nitrogens with one attached hydrogen (secondary N) is 1. The molecule has 1 heterocycles. The van der Waals surface area contributed by atoms with Gasteiger partial charge in [-0.3, -0.25) is 4.68 Å². The SMILES string of the molecule is CCCn1cc(CCC(NC)C(C)(C)C)cn1. The molecule has 3 nitrogen and oxygen atoms in total. The zero-order chi connectivity index (χ0) is 12.9. The molecule has 0 saturated heterocycles. The fourth-order valence-electron chi connectivity index (χ4n) is 2.21. The molecular formula is C14H27N3. The minimum absolute atomic E-state index is 0.314. The van der Waals surface area contributed by atoms with Crippen LogP contribution in [-0.4, -0.2) is 22.9 Å². The van der Waals surface area contributed by atoms with Crippen LogP contribution in [0, 0.1) is 5.41 Å². The Bertz CT molecular complexity index is 322. The van der Waals surface area contributed by atoms with Gasteiger partial charge in [0.1, 0.15) is 0 Å². The highest BCUT2D eigenvalue weighted by Crippen LogP contribution is 2.22. The van der Waals surface area contributed by atoms with Gasteiger partial charge in [0, 0.05) is 18.8 Å². The summed E-state index contributed by atoms with van der Waals surface area (Å²) in [6, 6.07) is 0.553. The summed E-state index contributed by atoms with van der Waals surface area (Å²) in [5.74, 6) is 0. The Morgan fingerprint density at radius 2 is 2.12 bits per heavy atom. The van der Waals surface area contributed by atoms with Crippen molar-refractivity contribution in [1.82, 2.24) is 15.1 Å². The Balaban J connectivity index is 2.48. The predicted molar refractivity (Wildman–Crippen MR) is 73.1 cm³/mol. The molecule has 0 amide bonds. The van der Waals surface area contributed by atoms with Crippen LogP contribution >= 0.6 is 0 Å². The van der Waals surface area contributed by atoms with E-state index in [2.05, 4.69) is 51.4 Å². The maximum Gasteiger partial charge on any atom is 0.0521 e. The Morgan fingerprint density at radius 1 is 1.41 bits per heavy atom. The summed E-state index contributed by atoms with van der Waals surface area (Å²) in [4.78, 5) is 0. The van der Waals surface area contributed by atoms with Crippen LogP contribution < -0.4 is 5.32 Å². The molecule has 17 heavy (non-hydrogen) atoms. The molecule has 1 aromatic rings. The van der Waals surface area contributed by atoms with Crippen LogP contribution in [0.3, 0.4) is 0 Å². The Kier molecular flexibility index (Phi) is 5.19. The average molecular weight is 237 g/mol. The fourth-order valence-corrected chi connectivity index (χ4v) is 2.21. The number of hydrogen-bond acceptors (Lipinski definition) is 2. The summed E-state index contributed by atoms with van der Waals surface area (Å²) in [7, 11) is 2.05. The lowest BCUT2D eigenvalue weighted by Gasteiger charge is -2.30. The number of hydrogen-bond donors (Lipinski definition) is 1. The molecule has 0 fully saturated rings. The molecule has 1 N–H and O–H groups in total. The minimum Gasteiger partial charge on any atom is -0.316 e. The lowest BCUT2D eigenvalue weighted by molar-refractivity contribution is 0.268. The molecule has 0 saturated carbocycles. The molecule has 0 aliphatic heterocycles. The van der Waals surface area contributed by atoms with E-state index in [1.807, 2.05) is 10.9 Å². The third-order valence-electron chi connectivity index (χ3n) is 3.25. The van der Waals surface area contributed by atoms with Crippen LogP contribution in [0.25, 0.3) is 0 Å². The maximum absolute atomic E-state index is 4.37. The summed E-state index contributed by atoms with van der Waals surface area (Å²) in [5, 5.41) is 7.79. The highest BCUT2D eigenvalue weighted by molar-refractivity contribution is 5.04. The molecule has 0 aromatic carbocycles. The highest BCUT2D eigenvalue weighted by Gasteiger charge is 2.22. The van der Waals surface area contributed by atoms with Crippen molar-refractivity contribution >= 4 is 0 Å². The molecular weight excluding hydrogens is 210 g/mol. The van der Waals surface area contributed by atoms with Gasteiger partial charge in [-0.05, 0) is 37.3 Å². The Labute approximate surface area is 106 Å². The fraction of sp³-hybridized carbons (Fsp3) is 0.786. The largest absolute Gasteiger partial charge is 0.316 e. The number of nitrogens with zero attached hydrogens (tertiary/aromatic N) is 2. The van der Waals surface area contributed by atoms with Gasteiger partial charge < -0.3 is 5.32 Å². The first kappa shape index (κ1) is 14.2. The zero-order valence-corrected chi connectivity index (χ0v) is 12.0. The van der Waals surface area contributed by atoms with Gasteiger partial charge in [0.05, 0.1) is 6.20 Å². The summed E-state index contributed by atoms with van der Waals surface area (Å²) < 4.78 is 2.04. The van der Waals surface area contributed by atoms with E-state index < -0.39 is 0 Å². The normalized spacial score (nSPS) is 13.9. The first-order valence-corrected chi connectivity index (χ1v) is 6.66. The van der Waals surface area contributed by atoms with Crippen LogP contribution in [0.4, 0.5) is 0 Å². The maximum atomic E-state index is 4.37. The Morgan fingerprint density at radius 3 is 2.65 bits per heavy atom. The second-order valence-electron chi connectivity index (χ2n) is 5.86. The van der Waals surface area contributed by atoms with Gasteiger partial charge in [0.15, 0.2) is 0 Å². The first-order chi connectivity index (χ1) is 7.97. The van der Waals surface area contributed by atoms with Crippen LogP contribution in [-0.2, 0) is 13.0 Å². The average Bonchev–Trinajstić information content (AvgIpc) is 2.65. The summed E-state index contributed by atoms with van der Waals surface area (Å²) in [5.41, 5.74) is 1.66. The molecule has 0 spiro atoms. The zero-order valence-electron chi connectivity index (χ0n) is 12.0. The molecule has 1 aromatic heterocycles. The van der Waals surface area contributed by atoms with Gasteiger partial charge >= 0.3 is 0 Å². The second kappa shape index (κ2) is 6.20. The van der Waals surface area contributed by atoms with E-state index in [1.165, 1.54) is 5.56 Å². The number of aryl methyl sites for hydroxylation is 2. The number of aromatic nitrogens is 2. The van der Waals surface area contributed by atoms with Gasteiger partial charge in [0.25, 0.3) is 0 Å². The van der Waals surface area contributed by atoms with Crippen LogP contribution in [0.5, 0.6) is 0 Å². The molecule has 0 aliphatic rings. The monoisotopic (exact) mass is 237 g/mol. The lowest BCUT2D eigenvalue weighted by atomic mass is 9.83. The minimum atomic E-state index is 0.314. The van der Waals surface area contributed by atoms with Crippen molar-refractivity contribution in [3.63, 3.8) is 0 Å². The molecule has 98 valence electrons. The predicted octanol–water partition coefficient (Wildman–Crippen LogP) is 2.86. The standard InChI is InChI=1S/C14H27N3/c1-6-9-17-11-12(10-16-17)7-8-13(15-5)14(2,3)4/h10-11,13,15H,6-9H2,1-5H3. The molecule has 1 atom stereocenters. The summed E-state index contributed by atoms with van der Waals surface area (Å²) in [6.45, 7) is 10.1. The summed E-state index contributed by atoms with van der Waals surface area (Å²) in [6.07, 6.45) is 7.59. The molecule has 0 aliphatic carbocycles. The van der Waals surface area contributed by atoms with E-state index in [9.17, 15) is 0 Å². The summed E-state index contributed by atoms with van der Waals surface area (Å²) >= 11 is 0. The van der Waals surface area contributed by atoms with Crippen molar-refractivity contribution in [3.05, 3.63) is 18.0 Å². The lowest BCUT2D eigenvalue weighted by Crippen LogP contribution is -2.38. The van der Waals surface area contributed by atoms with Crippen LogP contribution in [0.2, 0.25) is 0 Å².